The third-order valence-corrected chi connectivity index (χ3v) is 3.86. The predicted molar refractivity (Wildman–Crippen MR) is 87.4 cm³/mol. The lowest BCUT2D eigenvalue weighted by atomic mass is 9.97. The van der Waals surface area contributed by atoms with Crippen molar-refractivity contribution in [2.24, 2.45) is 10.2 Å². The molecule has 116 valence electrons. The first kappa shape index (κ1) is 15.1. The van der Waals surface area contributed by atoms with Crippen molar-refractivity contribution in [2.45, 2.75) is 25.8 Å². The Labute approximate surface area is 134 Å². The summed E-state index contributed by atoms with van der Waals surface area (Å²) in [4.78, 5) is 23.9. The van der Waals surface area contributed by atoms with Crippen LogP contribution in [0.4, 0.5) is 5.69 Å². The van der Waals surface area contributed by atoms with E-state index in [2.05, 4.69) is 22.5 Å². The summed E-state index contributed by atoms with van der Waals surface area (Å²) >= 11 is 0. The normalized spacial score (nSPS) is 16.0. The minimum absolute atomic E-state index is 0.151. The number of benzene rings is 2. The van der Waals surface area contributed by atoms with Gasteiger partial charge in [-0.2, -0.15) is 5.11 Å². The summed E-state index contributed by atoms with van der Waals surface area (Å²) in [6, 6.07) is 14.5. The summed E-state index contributed by atoms with van der Waals surface area (Å²) in [5.74, 6) is -0.505. The van der Waals surface area contributed by atoms with Crippen LogP contribution >= 0.6 is 0 Å². The average Bonchev–Trinajstić information content (AvgIpc) is 2.58. The zero-order valence-corrected chi connectivity index (χ0v) is 12.8. The molecular weight excluding hydrogens is 290 g/mol. The van der Waals surface area contributed by atoms with Gasteiger partial charge in [-0.3, -0.25) is 9.59 Å². The summed E-state index contributed by atoms with van der Waals surface area (Å²) < 4.78 is 0. The summed E-state index contributed by atoms with van der Waals surface area (Å²) in [6.07, 6.45) is 1.12. The highest BCUT2D eigenvalue weighted by atomic mass is 16.2. The molecule has 1 aliphatic heterocycles. The lowest BCUT2D eigenvalue weighted by molar-refractivity contribution is -0.116. The second-order valence-electron chi connectivity index (χ2n) is 5.43. The highest BCUT2D eigenvalue weighted by molar-refractivity contribution is 5.97. The number of hydrogen-bond donors (Lipinski definition) is 1. The summed E-state index contributed by atoms with van der Waals surface area (Å²) in [5.41, 5.74) is 3.25. The SMILES string of the molecule is CCc1ccc(NC(=O)CC2N=NC(=O)c3ccccc32)cc1. The van der Waals surface area contributed by atoms with Gasteiger partial charge in [-0.15, -0.1) is 5.11 Å². The van der Waals surface area contributed by atoms with Crippen LogP contribution in [0.25, 0.3) is 0 Å². The quantitative estimate of drug-likeness (QED) is 0.929. The fraction of sp³-hybridized carbons (Fsp3) is 0.222. The molecular formula is C18H17N3O2. The maximum Gasteiger partial charge on any atom is 0.295 e. The van der Waals surface area contributed by atoms with E-state index in [9.17, 15) is 9.59 Å². The fourth-order valence-corrected chi connectivity index (χ4v) is 2.58. The van der Waals surface area contributed by atoms with Gasteiger partial charge in [-0.05, 0) is 35.7 Å². The molecule has 2 aromatic rings. The molecule has 0 aromatic heterocycles. The Balaban J connectivity index is 1.70. The van der Waals surface area contributed by atoms with Crippen LogP contribution in [-0.2, 0) is 11.2 Å². The Hall–Kier alpha value is -2.82. The van der Waals surface area contributed by atoms with Gasteiger partial charge in [-0.1, -0.05) is 37.3 Å². The number of nitrogens with zero attached hydrogens (tertiary/aromatic N) is 2. The van der Waals surface area contributed by atoms with Crippen molar-refractivity contribution in [3.05, 3.63) is 65.2 Å². The molecule has 0 aliphatic carbocycles. The van der Waals surface area contributed by atoms with E-state index >= 15 is 0 Å². The molecule has 0 bridgehead atoms. The Kier molecular flexibility index (Phi) is 4.28. The first-order valence-corrected chi connectivity index (χ1v) is 7.60. The van der Waals surface area contributed by atoms with Crippen molar-refractivity contribution in [3.8, 4) is 0 Å². The van der Waals surface area contributed by atoms with Crippen LogP contribution in [0.1, 0.15) is 40.9 Å². The number of nitrogens with one attached hydrogen (secondary N) is 1. The molecule has 1 aliphatic rings. The van der Waals surface area contributed by atoms with Crippen molar-refractivity contribution < 1.29 is 9.59 Å². The van der Waals surface area contributed by atoms with E-state index in [-0.39, 0.29) is 18.2 Å². The van der Waals surface area contributed by atoms with Gasteiger partial charge in [0.1, 0.15) is 6.04 Å². The number of rotatable bonds is 4. The second-order valence-corrected chi connectivity index (χ2v) is 5.43. The molecule has 0 fully saturated rings. The van der Waals surface area contributed by atoms with Gasteiger partial charge < -0.3 is 5.32 Å². The van der Waals surface area contributed by atoms with Crippen LogP contribution in [0.2, 0.25) is 0 Å². The first-order chi connectivity index (χ1) is 11.2. The second kappa shape index (κ2) is 6.52. The Morgan fingerprint density at radius 2 is 1.87 bits per heavy atom. The highest BCUT2D eigenvalue weighted by Gasteiger charge is 2.25. The maximum atomic E-state index is 12.2. The van der Waals surface area contributed by atoms with Crippen LogP contribution in [0.5, 0.6) is 0 Å². The molecule has 3 rings (SSSR count). The lowest BCUT2D eigenvalue weighted by Gasteiger charge is -2.17. The smallest absolute Gasteiger partial charge is 0.295 e. The van der Waals surface area contributed by atoms with Crippen molar-refractivity contribution in [3.63, 3.8) is 0 Å². The zero-order valence-electron chi connectivity index (χ0n) is 12.8. The van der Waals surface area contributed by atoms with Gasteiger partial charge in [0, 0.05) is 11.3 Å². The largest absolute Gasteiger partial charge is 0.326 e. The van der Waals surface area contributed by atoms with Crippen LogP contribution < -0.4 is 5.32 Å². The first-order valence-electron chi connectivity index (χ1n) is 7.60. The van der Waals surface area contributed by atoms with E-state index in [0.29, 0.717) is 5.56 Å². The minimum atomic E-state index is -0.418. The third kappa shape index (κ3) is 3.34. The van der Waals surface area contributed by atoms with Crippen LogP contribution in [0, 0.1) is 0 Å². The molecule has 0 saturated carbocycles. The Bertz CT molecular complexity index is 766. The average molecular weight is 307 g/mol. The molecule has 1 atom stereocenters. The van der Waals surface area contributed by atoms with E-state index in [4.69, 9.17) is 0 Å². The molecule has 5 nitrogen and oxygen atoms in total. The molecule has 0 radical (unpaired) electrons. The van der Waals surface area contributed by atoms with Crippen molar-refractivity contribution >= 4 is 17.5 Å². The number of hydrogen-bond acceptors (Lipinski definition) is 3. The van der Waals surface area contributed by atoms with E-state index in [1.807, 2.05) is 36.4 Å². The number of anilines is 1. The molecule has 0 spiro atoms. The van der Waals surface area contributed by atoms with E-state index in [0.717, 1.165) is 17.7 Å². The van der Waals surface area contributed by atoms with E-state index < -0.39 is 6.04 Å². The van der Waals surface area contributed by atoms with Crippen LogP contribution in [-0.4, -0.2) is 11.8 Å². The molecule has 23 heavy (non-hydrogen) atoms. The molecule has 0 saturated heterocycles. The van der Waals surface area contributed by atoms with E-state index in [1.54, 1.807) is 12.1 Å². The van der Waals surface area contributed by atoms with E-state index in [1.165, 1.54) is 5.56 Å². The monoisotopic (exact) mass is 307 g/mol. The number of aryl methyl sites for hydroxylation is 1. The molecule has 1 unspecified atom stereocenters. The van der Waals surface area contributed by atoms with Gasteiger partial charge in [-0.25, -0.2) is 0 Å². The molecule has 1 heterocycles. The number of carbonyl (C=O) groups excluding carboxylic acids is 2. The molecule has 5 heteroatoms. The summed E-state index contributed by atoms with van der Waals surface area (Å²) in [7, 11) is 0. The fourth-order valence-electron chi connectivity index (χ4n) is 2.58. The Morgan fingerprint density at radius 1 is 1.13 bits per heavy atom. The van der Waals surface area contributed by atoms with Gasteiger partial charge in [0.25, 0.3) is 5.91 Å². The highest BCUT2D eigenvalue weighted by Crippen LogP contribution is 2.30. The lowest BCUT2D eigenvalue weighted by Crippen LogP contribution is -2.18. The predicted octanol–water partition coefficient (Wildman–Crippen LogP) is 3.92. The van der Waals surface area contributed by atoms with Gasteiger partial charge >= 0.3 is 0 Å². The van der Waals surface area contributed by atoms with Gasteiger partial charge in [0.05, 0.1) is 6.42 Å². The zero-order chi connectivity index (χ0) is 16.2. The molecule has 2 aromatic carbocycles. The summed E-state index contributed by atoms with van der Waals surface area (Å²) in [6.45, 7) is 2.08. The van der Waals surface area contributed by atoms with Crippen LogP contribution in [0.3, 0.4) is 0 Å². The minimum Gasteiger partial charge on any atom is -0.326 e. The van der Waals surface area contributed by atoms with Crippen molar-refractivity contribution in [1.29, 1.82) is 0 Å². The van der Waals surface area contributed by atoms with Crippen molar-refractivity contribution in [1.82, 2.24) is 0 Å². The third-order valence-electron chi connectivity index (χ3n) is 3.86. The topological polar surface area (TPSA) is 70.9 Å². The van der Waals surface area contributed by atoms with Gasteiger partial charge in [0.15, 0.2) is 0 Å². The van der Waals surface area contributed by atoms with Crippen molar-refractivity contribution in [2.75, 3.05) is 5.32 Å². The molecule has 1 N–H and O–H groups in total. The summed E-state index contributed by atoms with van der Waals surface area (Å²) in [5, 5.41) is 10.5. The maximum absolute atomic E-state index is 12.2. The number of carbonyl (C=O) groups is 2. The van der Waals surface area contributed by atoms with Crippen LogP contribution in [0.15, 0.2) is 58.8 Å². The van der Waals surface area contributed by atoms with Gasteiger partial charge in [0.2, 0.25) is 5.91 Å². The number of azo groups is 1. The Morgan fingerprint density at radius 3 is 2.61 bits per heavy atom. The molecule has 2 amide bonds. The standard InChI is InChI=1S/C18H17N3O2/c1-2-12-7-9-13(10-8-12)19-17(22)11-16-14-5-3-4-6-15(14)18(23)21-20-16/h3-10,16H,2,11H2,1H3,(H,19,22). The number of amides is 2. The number of fused-ring (bicyclic) bond motifs is 1.